The summed E-state index contributed by atoms with van der Waals surface area (Å²) in [7, 11) is 0. The van der Waals surface area contributed by atoms with Gasteiger partial charge in [0.15, 0.2) is 11.6 Å². The summed E-state index contributed by atoms with van der Waals surface area (Å²) in [5, 5.41) is 5.53. The van der Waals surface area contributed by atoms with Crippen molar-refractivity contribution in [2.45, 2.75) is 107 Å². The lowest BCUT2D eigenvalue weighted by atomic mass is 10.1. The molecule has 4 aromatic carbocycles. The van der Waals surface area contributed by atoms with E-state index in [-0.39, 0.29) is 5.82 Å². The van der Waals surface area contributed by atoms with Crippen molar-refractivity contribution in [3.63, 3.8) is 0 Å². The highest BCUT2D eigenvalue weighted by Gasteiger charge is 2.12. The minimum atomic E-state index is -0.306. The SMILES string of the molecule is CCCc1c[nH]c2c(OCC)cccc12.CCCc1c[nH]c2c(OCC)cccc12.CCCc1c[nH]c2cc(Cl)c(OCC)cc12.CCCc1c[nH]c2cc(F)c(OCC)cc12. The molecule has 62 heavy (non-hydrogen) atoms. The molecule has 0 aliphatic heterocycles. The number of aryl methyl sites for hydroxylation is 4. The van der Waals surface area contributed by atoms with Gasteiger partial charge in [0.1, 0.15) is 17.2 Å². The lowest BCUT2D eigenvalue weighted by molar-refractivity contribution is 0.322. The molecule has 0 saturated carbocycles. The number of rotatable bonds is 16. The van der Waals surface area contributed by atoms with Crippen LogP contribution in [0.5, 0.6) is 23.0 Å². The van der Waals surface area contributed by atoms with Crippen LogP contribution in [0.3, 0.4) is 0 Å². The summed E-state index contributed by atoms with van der Waals surface area (Å²) in [6.07, 6.45) is 17.1. The lowest BCUT2D eigenvalue weighted by Gasteiger charge is -2.06. The second-order valence-corrected chi connectivity index (χ2v) is 15.4. The molecule has 0 saturated heterocycles. The molecule has 0 spiro atoms. The van der Waals surface area contributed by atoms with E-state index in [4.69, 9.17) is 30.5 Å². The Labute approximate surface area is 371 Å². The van der Waals surface area contributed by atoms with E-state index < -0.39 is 0 Å². The molecule has 0 aliphatic rings. The molecule has 0 amide bonds. The fourth-order valence-corrected chi connectivity index (χ4v) is 7.94. The van der Waals surface area contributed by atoms with Crippen LogP contribution in [-0.4, -0.2) is 46.4 Å². The molecule has 10 heteroatoms. The molecular weight excluding hydrogens is 799 g/mol. The average Bonchev–Trinajstić information content (AvgIpc) is 4.07. The topological polar surface area (TPSA) is 100 Å². The van der Waals surface area contributed by atoms with Crippen molar-refractivity contribution >= 4 is 55.2 Å². The van der Waals surface area contributed by atoms with Crippen LogP contribution in [0.25, 0.3) is 43.6 Å². The fraction of sp³-hybridized carbons (Fsp3) is 0.385. The number of ether oxygens (including phenoxy) is 4. The van der Waals surface area contributed by atoms with Gasteiger partial charge >= 0.3 is 0 Å². The van der Waals surface area contributed by atoms with Crippen molar-refractivity contribution in [2.24, 2.45) is 0 Å². The lowest BCUT2D eigenvalue weighted by Crippen LogP contribution is -1.94. The van der Waals surface area contributed by atoms with E-state index in [1.165, 1.54) is 57.3 Å². The molecule has 0 unspecified atom stereocenters. The van der Waals surface area contributed by atoms with Crippen molar-refractivity contribution < 1.29 is 23.3 Å². The molecule has 4 heterocycles. The molecule has 0 fully saturated rings. The number of aromatic amines is 4. The van der Waals surface area contributed by atoms with Gasteiger partial charge in [-0.05, 0) is 106 Å². The third-order valence-corrected chi connectivity index (χ3v) is 10.7. The fourth-order valence-electron chi connectivity index (χ4n) is 7.72. The van der Waals surface area contributed by atoms with Crippen LogP contribution < -0.4 is 18.9 Å². The number of halogens is 2. The third kappa shape index (κ3) is 11.9. The first-order chi connectivity index (χ1) is 30.2. The summed E-state index contributed by atoms with van der Waals surface area (Å²) < 4.78 is 35.5. The van der Waals surface area contributed by atoms with E-state index in [2.05, 4.69) is 90.5 Å². The highest BCUT2D eigenvalue weighted by atomic mass is 35.5. The number of nitrogens with one attached hydrogen (secondary N) is 4. The minimum Gasteiger partial charge on any atom is -0.492 e. The Morgan fingerprint density at radius 2 is 0.806 bits per heavy atom. The standard InChI is InChI=1S/C13H16ClNO.C13H16FNO.2C13H17NO/c2*1-3-5-9-8-15-12-7-11(14)13(16-4-2)6-10(9)12;2*1-3-6-10-9-14-13-11(10)7-5-8-12(13)15-4-2/h2*6-8,15H,3-5H2,1-2H3;2*5,7-9,14H,3-4,6H2,1-2H3. The Hall–Kier alpha value is -5.54. The van der Waals surface area contributed by atoms with Gasteiger partial charge in [0.25, 0.3) is 0 Å². The van der Waals surface area contributed by atoms with Crippen LogP contribution in [0.15, 0.2) is 85.5 Å². The highest BCUT2D eigenvalue weighted by Crippen LogP contribution is 2.33. The predicted molar refractivity (Wildman–Crippen MR) is 259 cm³/mol. The summed E-state index contributed by atoms with van der Waals surface area (Å²) in [5.74, 6) is 2.72. The number of para-hydroxylation sites is 2. The van der Waals surface area contributed by atoms with Crippen molar-refractivity contribution in [1.82, 2.24) is 19.9 Å². The minimum absolute atomic E-state index is 0.306. The molecule has 4 N–H and O–H groups in total. The summed E-state index contributed by atoms with van der Waals surface area (Å²) in [6.45, 7) is 19.1. The second-order valence-electron chi connectivity index (χ2n) is 15.0. The molecule has 8 aromatic rings. The quantitative estimate of drug-likeness (QED) is 0.0777. The number of benzene rings is 4. The van der Waals surface area contributed by atoms with Crippen LogP contribution in [0.1, 0.15) is 103 Å². The summed E-state index contributed by atoms with van der Waals surface area (Å²) in [6, 6.07) is 19.7. The maximum Gasteiger partial charge on any atom is 0.167 e. The smallest absolute Gasteiger partial charge is 0.167 e. The first-order valence-corrected chi connectivity index (χ1v) is 22.9. The van der Waals surface area contributed by atoms with Crippen LogP contribution in [0.2, 0.25) is 5.02 Å². The van der Waals surface area contributed by atoms with E-state index in [0.29, 0.717) is 37.2 Å². The first kappa shape index (κ1) is 47.5. The van der Waals surface area contributed by atoms with Gasteiger partial charge in [-0.25, -0.2) is 4.39 Å². The van der Waals surface area contributed by atoms with Gasteiger partial charge in [0.05, 0.1) is 42.5 Å². The number of hydrogen-bond acceptors (Lipinski definition) is 4. The Bertz CT molecular complexity index is 2410. The van der Waals surface area contributed by atoms with Gasteiger partial charge in [-0.1, -0.05) is 89.2 Å². The van der Waals surface area contributed by atoms with Crippen LogP contribution in [0.4, 0.5) is 4.39 Å². The summed E-state index contributed by atoms with van der Waals surface area (Å²) >= 11 is 6.12. The maximum atomic E-state index is 13.6. The zero-order chi connectivity index (χ0) is 44.4. The molecule has 0 bridgehead atoms. The normalized spacial score (nSPS) is 10.9. The maximum absolute atomic E-state index is 13.6. The molecular formula is C52H66ClFN4O4. The van der Waals surface area contributed by atoms with Gasteiger partial charge < -0.3 is 38.9 Å². The summed E-state index contributed by atoms with van der Waals surface area (Å²) in [4.78, 5) is 12.9. The van der Waals surface area contributed by atoms with E-state index in [0.717, 1.165) is 83.2 Å². The predicted octanol–water partition coefficient (Wildman–Crippen LogP) is 14.9. The number of hydrogen-bond donors (Lipinski definition) is 4. The van der Waals surface area contributed by atoms with Crippen molar-refractivity contribution in [1.29, 1.82) is 0 Å². The van der Waals surface area contributed by atoms with E-state index >= 15 is 0 Å². The van der Waals surface area contributed by atoms with Crippen molar-refractivity contribution in [2.75, 3.05) is 26.4 Å². The van der Waals surface area contributed by atoms with E-state index in [1.807, 2.05) is 58.2 Å². The van der Waals surface area contributed by atoms with Gasteiger partial charge in [-0.15, -0.1) is 0 Å². The Balaban J connectivity index is 0.000000156. The molecule has 332 valence electrons. The van der Waals surface area contributed by atoms with E-state index in [1.54, 1.807) is 6.07 Å². The van der Waals surface area contributed by atoms with Crippen LogP contribution in [0, 0.1) is 5.82 Å². The average molecular weight is 866 g/mol. The van der Waals surface area contributed by atoms with Gasteiger partial charge in [-0.2, -0.15) is 0 Å². The highest BCUT2D eigenvalue weighted by molar-refractivity contribution is 6.32. The van der Waals surface area contributed by atoms with Crippen LogP contribution >= 0.6 is 11.6 Å². The van der Waals surface area contributed by atoms with Gasteiger partial charge in [0, 0.05) is 63.4 Å². The monoisotopic (exact) mass is 864 g/mol. The molecule has 0 aliphatic carbocycles. The third-order valence-electron chi connectivity index (χ3n) is 10.4. The number of aromatic nitrogens is 4. The number of fused-ring (bicyclic) bond motifs is 4. The Morgan fingerprint density at radius 1 is 0.435 bits per heavy atom. The Kier molecular flexibility index (Phi) is 18.5. The summed E-state index contributed by atoms with van der Waals surface area (Å²) in [5.41, 5.74) is 9.49. The van der Waals surface area contributed by atoms with Crippen molar-refractivity contribution in [3.8, 4) is 23.0 Å². The zero-order valence-corrected chi connectivity index (χ0v) is 38.7. The van der Waals surface area contributed by atoms with Crippen molar-refractivity contribution in [3.05, 3.63) is 119 Å². The largest absolute Gasteiger partial charge is 0.492 e. The molecule has 8 rings (SSSR count). The van der Waals surface area contributed by atoms with E-state index in [9.17, 15) is 4.39 Å². The van der Waals surface area contributed by atoms with Gasteiger partial charge in [-0.3, -0.25) is 0 Å². The molecule has 4 aromatic heterocycles. The van der Waals surface area contributed by atoms with Gasteiger partial charge in [0.2, 0.25) is 0 Å². The number of H-pyrrole nitrogens is 4. The first-order valence-electron chi connectivity index (χ1n) is 22.5. The molecule has 0 radical (unpaired) electrons. The van der Waals surface area contributed by atoms with Crippen LogP contribution in [-0.2, 0) is 25.7 Å². The molecule has 8 nitrogen and oxygen atoms in total. The Morgan fingerprint density at radius 3 is 1.24 bits per heavy atom. The second kappa shape index (κ2) is 24.2. The molecule has 0 atom stereocenters. The zero-order valence-electron chi connectivity index (χ0n) is 38.0.